The van der Waals surface area contributed by atoms with Gasteiger partial charge >= 0.3 is 0 Å². The lowest BCUT2D eigenvalue weighted by atomic mass is 9.90. The molecule has 1 atom stereocenters. The molecule has 2 heterocycles. The third-order valence-electron chi connectivity index (χ3n) is 3.18. The summed E-state index contributed by atoms with van der Waals surface area (Å²) in [6.07, 6.45) is 2.57. The lowest BCUT2D eigenvalue weighted by molar-refractivity contribution is 0.0756. The number of nitrogens with zero attached hydrogens (tertiary/aromatic N) is 3. The molecule has 5 heteroatoms. The van der Waals surface area contributed by atoms with Gasteiger partial charge in [-0.3, -0.25) is 9.78 Å². The van der Waals surface area contributed by atoms with Crippen molar-refractivity contribution in [3.8, 4) is 0 Å². The molecule has 1 aliphatic rings. The van der Waals surface area contributed by atoms with Crippen LogP contribution in [0.5, 0.6) is 0 Å². The molecule has 1 aromatic heterocycles. The maximum absolute atomic E-state index is 12.1. The molecular weight excluding hydrogens is 218 g/mol. The van der Waals surface area contributed by atoms with Crippen molar-refractivity contribution in [2.24, 2.45) is 5.41 Å². The summed E-state index contributed by atoms with van der Waals surface area (Å²) in [7, 11) is 0. The van der Waals surface area contributed by atoms with E-state index in [0.29, 0.717) is 18.8 Å². The fourth-order valence-corrected chi connectivity index (χ4v) is 1.94. The molecule has 0 bridgehead atoms. The quantitative estimate of drug-likeness (QED) is 0.775. The molecule has 1 fully saturated rings. The first-order chi connectivity index (χ1) is 7.90. The summed E-state index contributed by atoms with van der Waals surface area (Å²) in [5.74, 6) is -0.165. The molecule has 1 amide bonds. The number of hydrogen-bond donors (Lipinski definition) is 1. The van der Waals surface area contributed by atoms with Gasteiger partial charge in [-0.15, -0.1) is 0 Å². The van der Waals surface area contributed by atoms with Crippen molar-refractivity contribution in [3.05, 3.63) is 23.8 Å². The van der Waals surface area contributed by atoms with Crippen LogP contribution >= 0.6 is 0 Å². The summed E-state index contributed by atoms with van der Waals surface area (Å²) in [4.78, 5) is 21.8. The van der Waals surface area contributed by atoms with Gasteiger partial charge in [0.25, 0.3) is 5.91 Å². The van der Waals surface area contributed by atoms with Crippen molar-refractivity contribution >= 4 is 5.91 Å². The zero-order valence-corrected chi connectivity index (χ0v) is 10.3. The average molecular weight is 235 g/mol. The molecule has 0 radical (unpaired) electrons. The van der Waals surface area contributed by atoms with Crippen molar-refractivity contribution in [3.63, 3.8) is 0 Å². The molecule has 1 unspecified atom stereocenters. The van der Waals surface area contributed by atoms with E-state index in [1.807, 2.05) is 20.8 Å². The van der Waals surface area contributed by atoms with E-state index in [2.05, 4.69) is 9.97 Å². The van der Waals surface area contributed by atoms with Crippen LogP contribution in [0.4, 0.5) is 0 Å². The number of aromatic nitrogens is 2. The fourth-order valence-electron chi connectivity index (χ4n) is 1.94. The van der Waals surface area contributed by atoms with Crippen LogP contribution in [-0.2, 0) is 0 Å². The van der Waals surface area contributed by atoms with Crippen LogP contribution in [-0.4, -0.2) is 45.1 Å². The lowest BCUT2D eigenvalue weighted by Crippen LogP contribution is -2.31. The molecule has 1 N–H and O–H groups in total. The minimum Gasteiger partial charge on any atom is -0.391 e. The topological polar surface area (TPSA) is 66.3 Å². The first kappa shape index (κ1) is 12.0. The number of carbonyl (C=O) groups excluding carboxylic acids is 1. The van der Waals surface area contributed by atoms with Gasteiger partial charge < -0.3 is 10.0 Å². The van der Waals surface area contributed by atoms with E-state index in [9.17, 15) is 9.90 Å². The van der Waals surface area contributed by atoms with Gasteiger partial charge in [-0.05, 0) is 6.92 Å². The van der Waals surface area contributed by atoms with Crippen LogP contribution in [0.15, 0.2) is 12.4 Å². The Morgan fingerprint density at radius 3 is 2.65 bits per heavy atom. The predicted molar refractivity (Wildman–Crippen MR) is 62.5 cm³/mol. The molecule has 1 aromatic rings. The summed E-state index contributed by atoms with van der Waals surface area (Å²) in [6, 6.07) is 0. The molecular formula is C12H17N3O2. The summed E-state index contributed by atoms with van der Waals surface area (Å²) < 4.78 is 0. The SMILES string of the molecule is Cc1cnc(C(=O)N2CC(O)C(C)(C)C2)cn1. The minimum atomic E-state index is -0.482. The number of amides is 1. The van der Waals surface area contributed by atoms with Gasteiger partial charge in [0.05, 0.1) is 18.0 Å². The molecule has 17 heavy (non-hydrogen) atoms. The van der Waals surface area contributed by atoms with Gasteiger partial charge in [0.15, 0.2) is 0 Å². The number of β-amino-alcohol motifs (C(OH)–C–C–N with tert-alkyl or cyclic N) is 1. The Bertz CT molecular complexity index is 428. The summed E-state index contributed by atoms with van der Waals surface area (Å²) in [5, 5.41) is 9.84. The zero-order chi connectivity index (χ0) is 12.6. The van der Waals surface area contributed by atoms with Crippen LogP contribution in [0.25, 0.3) is 0 Å². The number of hydrogen-bond acceptors (Lipinski definition) is 4. The van der Waals surface area contributed by atoms with E-state index in [0.717, 1.165) is 5.69 Å². The van der Waals surface area contributed by atoms with Gasteiger partial charge in [0, 0.05) is 24.7 Å². The monoisotopic (exact) mass is 235 g/mol. The minimum absolute atomic E-state index is 0.165. The van der Waals surface area contributed by atoms with Crippen molar-refractivity contribution in [2.75, 3.05) is 13.1 Å². The van der Waals surface area contributed by atoms with Crippen LogP contribution in [0.2, 0.25) is 0 Å². The van der Waals surface area contributed by atoms with Gasteiger partial charge in [0.1, 0.15) is 5.69 Å². The van der Waals surface area contributed by atoms with E-state index in [1.165, 1.54) is 6.20 Å². The van der Waals surface area contributed by atoms with Crippen molar-refractivity contribution < 1.29 is 9.90 Å². The maximum Gasteiger partial charge on any atom is 0.274 e. The van der Waals surface area contributed by atoms with Gasteiger partial charge in [-0.25, -0.2) is 4.98 Å². The smallest absolute Gasteiger partial charge is 0.274 e. The Hall–Kier alpha value is -1.49. The van der Waals surface area contributed by atoms with E-state index in [4.69, 9.17) is 0 Å². The first-order valence-corrected chi connectivity index (χ1v) is 5.66. The molecule has 0 aliphatic carbocycles. The second-order valence-electron chi connectivity index (χ2n) is 5.23. The van der Waals surface area contributed by atoms with Crippen LogP contribution in [0.3, 0.4) is 0 Å². The van der Waals surface area contributed by atoms with E-state index < -0.39 is 6.10 Å². The molecule has 0 aromatic carbocycles. The second kappa shape index (κ2) is 4.07. The number of rotatable bonds is 1. The fraction of sp³-hybridized carbons (Fsp3) is 0.583. The Labute approximate surface area is 100 Å². The molecule has 1 aliphatic heterocycles. The first-order valence-electron chi connectivity index (χ1n) is 5.66. The molecule has 0 saturated carbocycles. The van der Waals surface area contributed by atoms with Crippen LogP contribution in [0, 0.1) is 12.3 Å². The third-order valence-corrected chi connectivity index (χ3v) is 3.18. The molecule has 5 nitrogen and oxygen atoms in total. The molecule has 1 saturated heterocycles. The maximum atomic E-state index is 12.1. The second-order valence-corrected chi connectivity index (χ2v) is 5.23. The number of carbonyl (C=O) groups is 1. The Kier molecular flexibility index (Phi) is 2.87. The normalized spacial score (nSPS) is 22.8. The Balaban J connectivity index is 2.15. The van der Waals surface area contributed by atoms with Crippen molar-refractivity contribution in [1.29, 1.82) is 0 Å². The van der Waals surface area contributed by atoms with Crippen LogP contribution in [0.1, 0.15) is 30.0 Å². The average Bonchev–Trinajstić information content (AvgIpc) is 2.54. The van der Waals surface area contributed by atoms with E-state index >= 15 is 0 Å². The van der Waals surface area contributed by atoms with E-state index in [1.54, 1.807) is 11.1 Å². The molecule has 2 rings (SSSR count). The van der Waals surface area contributed by atoms with E-state index in [-0.39, 0.29) is 11.3 Å². The van der Waals surface area contributed by atoms with Gasteiger partial charge in [-0.1, -0.05) is 13.8 Å². The highest BCUT2D eigenvalue weighted by molar-refractivity contribution is 5.92. The van der Waals surface area contributed by atoms with Crippen LogP contribution < -0.4 is 0 Å². The Morgan fingerprint density at radius 1 is 1.47 bits per heavy atom. The largest absolute Gasteiger partial charge is 0.391 e. The van der Waals surface area contributed by atoms with Crippen molar-refractivity contribution in [1.82, 2.24) is 14.9 Å². The number of aliphatic hydroxyl groups excluding tert-OH is 1. The highest BCUT2D eigenvalue weighted by Crippen LogP contribution is 2.30. The van der Waals surface area contributed by atoms with Gasteiger partial charge in [0.2, 0.25) is 0 Å². The number of likely N-dealkylation sites (tertiary alicyclic amines) is 1. The number of aryl methyl sites for hydroxylation is 1. The highest BCUT2D eigenvalue weighted by Gasteiger charge is 2.40. The third kappa shape index (κ3) is 2.29. The zero-order valence-electron chi connectivity index (χ0n) is 10.3. The predicted octanol–water partition coefficient (Wildman–Crippen LogP) is 0.628. The molecule has 0 spiro atoms. The Morgan fingerprint density at radius 2 is 2.18 bits per heavy atom. The lowest BCUT2D eigenvalue weighted by Gasteiger charge is -2.20. The highest BCUT2D eigenvalue weighted by atomic mass is 16.3. The van der Waals surface area contributed by atoms with Gasteiger partial charge in [-0.2, -0.15) is 0 Å². The summed E-state index contributed by atoms with van der Waals surface area (Å²) in [5.41, 5.74) is 0.858. The van der Waals surface area contributed by atoms with Crippen molar-refractivity contribution in [2.45, 2.75) is 26.9 Å². The number of aliphatic hydroxyl groups is 1. The summed E-state index contributed by atoms with van der Waals surface area (Å²) in [6.45, 7) is 6.63. The molecule has 92 valence electrons. The standard InChI is InChI=1S/C12H17N3O2/c1-8-4-14-9(5-13-8)11(17)15-6-10(16)12(2,3)7-15/h4-5,10,16H,6-7H2,1-3H3. The summed E-state index contributed by atoms with van der Waals surface area (Å²) >= 11 is 0.